The summed E-state index contributed by atoms with van der Waals surface area (Å²) < 4.78 is 10.9. The van der Waals surface area contributed by atoms with Gasteiger partial charge in [-0.15, -0.1) is 0 Å². The van der Waals surface area contributed by atoms with Gasteiger partial charge >= 0.3 is 12.1 Å². The Morgan fingerprint density at radius 3 is 1.86 bits per heavy atom. The molecule has 26 nitrogen and oxygen atoms in total. The van der Waals surface area contributed by atoms with Crippen LogP contribution in [0.15, 0.2) is 77.3 Å². The van der Waals surface area contributed by atoms with E-state index in [2.05, 4.69) is 47.5 Å². The Morgan fingerprint density at radius 1 is 0.687 bits per heavy atom. The molecule has 0 spiro atoms. The fraction of sp³-hybridized carbons (Fsp3) is 0.544. The summed E-state index contributed by atoms with van der Waals surface area (Å²) in [7, 11) is 0. The van der Waals surface area contributed by atoms with Crippen LogP contribution in [0.2, 0.25) is 0 Å². The number of carbonyl (C=O) groups is 9. The van der Waals surface area contributed by atoms with Gasteiger partial charge in [0, 0.05) is 12.5 Å². The van der Waals surface area contributed by atoms with Crippen molar-refractivity contribution in [3.8, 4) is 11.1 Å². The molecule has 0 radical (unpaired) electrons. The van der Waals surface area contributed by atoms with Crippen molar-refractivity contribution in [3.63, 3.8) is 0 Å². The minimum atomic E-state index is -1.71. The van der Waals surface area contributed by atoms with Crippen LogP contribution >= 0.6 is 0 Å². The number of alkyl carbamates (subject to hydrolysis) is 1. The average molecular weight is 1160 g/mol. The molecule has 1 unspecified atom stereocenters. The van der Waals surface area contributed by atoms with Crippen molar-refractivity contribution < 1.29 is 67.9 Å². The Balaban J connectivity index is 1.45. The van der Waals surface area contributed by atoms with Crippen molar-refractivity contribution in [2.45, 2.75) is 134 Å². The van der Waals surface area contributed by atoms with Gasteiger partial charge in [-0.25, -0.2) is 9.59 Å². The fourth-order valence-electron chi connectivity index (χ4n) is 9.06. The smallest absolute Gasteiger partial charge is 0.407 e. The number of hydrogen-bond donors (Lipinski definition) is 14. The molecular weight excluding hydrogens is 1080 g/mol. The lowest BCUT2D eigenvalue weighted by molar-refractivity contribution is -0.148. The molecule has 456 valence electrons. The van der Waals surface area contributed by atoms with Crippen LogP contribution in [0.5, 0.6) is 0 Å². The number of amides is 8. The Kier molecular flexibility index (Phi) is 27.6. The number of benzene rings is 2. The van der Waals surface area contributed by atoms with E-state index in [1.165, 1.54) is 0 Å². The standard InChI is InChI=1S/C57H84N12O14/c1-7-33(6)47(69-50(75)40(22-15-23-61-56(59)60)65-51(76)41(24-31(2)3)66-53(78)46(58)48(73)32(4)5)54(79)67-43(27-70)49(74)62-26-45(72)64-42(52(77)68-44(28-71)55(80)82-29-34-16-9-8-10-17-34)25-63-57(81)83-30-39-37-20-13-11-18-35(37)36-19-12-14-21-38(36)39/h9,11-14,16-21,31-33,39-44,46-48,70-71,73H,7-8,10,15,22-30,58H2,1-6H3,(H,62,74)(H,63,81)(H,64,72)(H,65,76)(H,66,78)(H,67,79)(H,68,77)(H,69,75)(H4,59,60,61)/t33-,40+,41-,42-,43-,44-,46?,47-,48+/m0/s1. The van der Waals surface area contributed by atoms with Crippen molar-refractivity contribution in [3.05, 3.63) is 83.5 Å². The van der Waals surface area contributed by atoms with Crippen molar-refractivity contribution in [2.75, 3.05) is 46.1 Å². The van der Waals surface area contributed by atoms with Gasteiger partial charge in [0.25, 0.3) is 0 Å². The number of aliphatic hydroxyl groups excluding tert-OH is 3. The van der Waals surface area contributed by atoms with Crippen molar-refractivity contribution in [1.29, 1.82) is 0 Å². The molecule has 26 heteroatoms. The van der Waals surface area contributed by atoms with Gasteiger partial charge in [0.05, 0.1) is 32.4 Å². The van der Waals surface area contributed by atoms with Crippen molar-refractivity contribution in [2.24, 2.45) is 39.9 Å². The van der Waals surface area contributed by atoms with Gasteiger partial charge in [0.1, 0.15) is 49.5 Å². The van der Waals surface area contributed by atoms with Crippen molar-refractivity contribution in [1.82, 2.24) is 42.5 Å². The van der Waals surface area contributed by atoms with E-state index in [0.717, 1.165) is 35.1 Å². The fourth-order valence-corrected chi connectivity index (χ4v) is 9.06. The van der Waals surface area contributed by atoms with E-state index in [9.17, 15) is 58.5 Å². The van der Waals surface area contributed by atoms with E-state index in [4.69, 9.17) is 26.7 Å². The summed E-state index contributed by atoms with van der Waals surface area (Å²) in [6.07, 6.45) is 5.47. The molecule has 0 heterocycles. The second kappa shape index (κ2) is 33.9. The summed E-state index contributed by atoms with van der Waals surface area (Å²) in [5.74, 6) is -9.09. The number of ether oxygens (including phenoxy) is 2. The molecule has 0 aromatic heterocycles. The minimum absolute atomic E-state index is 0.0556. The van der Waals surface area contributed by atoms with Crippen LogP contribution in [0.3, 0.4) is 0 Å². The van der Waals surface area contributed by atoms with Gasteiger partial charge < -0.3 is 84.5 Å². The van der Waals surface area contributed by atoms with Gasteiger partial charge in [-0.1, -0.05) is 115 Å². The molecule has 2 aliphatic rings. The number of rotatable bonds is 33. The maximum absolute atomic E-state index is 14.1. The monoisotopic (exact) mass is 1160 g/mol. The summed E-state index contributed by atoms with van der Waals surface area (Å²) >= 11 is 0. The van der Waals surface area contributed by atoms with Crippen LogP contribution in [-0.4, -0.2) is 169 Å². The second-order valence-electron chi connectivity index (χ2n) is 21.2. The number of fused-ring (bicyclic) bond motifs is 3. The highest BCUT2D eigenvalue weighted by Gasteiger charge is 2.36. The zero-order valence-electron chi connectivity index (χ0n) is 48.0. The number of hydrogen-bond acceptors (Lipinski definition) is 16. The molecule has 2 aromatic carbocycles. The molecule has 0 saturated heterocycles. The molecule has 17 N–H and O–H groups in total. The lowest BCUT2D eigenvalue weighted by atomic mass is 9.96. The number of guanidine groups is 1. The molecule has 83 heavy (non-hydrogen) atoms. The van der Waals surface area contributed by atoms with E-state index < -0.39 is 134 Å². The van der Waals surface area contributed by atoms with Crippen LogP contribution in [0.25, 0.3) is 11.1 Å². The van der Waals surface area contributed by atoms with Gasteiger partial charge in [-0.3, -0.25) is 38.6 Å². The zero-order chi connectivity index (χ0) is 61.3. The highest BCUT2D eigenvalue weighted by molar-refractivity contribution is 5.97. The van der Waals surface area contributed by atoms with Crippen LogP contribution in [0.1, 0.15) is 97.1 Å². The van der Waals surface area contributed by atoms with Gasteiger partial charge in [0.2, 0.25) is 41.4 Å². The van der Waals surface area contributed by atoms with Gasteiger partial charge in [-0.2, -0.15) is 0 Å². The SMILES string of the molecule is CC[C@H](C)[C@H](NC(=O)[C@@H](CCCN=C(N)N)NC(=O)[C@H](CC(C)C)NC(=O)C(N)[C@H](O)C(C)C)C(=O)N[C@@H](CO)C(=O)NCC(=O)N[C@@H](CNC(=O)OCC1c2ccccc2-c2ccccc21)C(=O)N[C@@H](CO)C(=O)OCC1=CCCC=C1. The lowest BCUT2D eigenvalue weighted by Gasteiger charge is -2.29. The molecule has 2 aromatic rings. The predicted octanol–water partition coefficient (Wildman–Crippen LogP) is -1.16. The normalized spacial score (nSPS) is 15.8. The van der Waals surface area contributed by atoms with E-state index in [-0.39, 0.29) is 62.7 Å². The summed E-state index contributed by atoms with van der Waals surface area (Å²) in [5, 5.41) is 50.6. The van der Waals surface area contributed by atoms with Crippen LogP contribution < -0.4 is 59.7 Å². The number of aliphatic imine (C=N–C) groups is 1. The second-order valence-corrected chi connectivity index (χ2v) is 21.2. The van der Waals surface area contributed by atoms with E-state index in [0.29, 0.717) is 12.0 Å². The summed E-state index contributed by atoms with van der Waals surface area (Å²) in [6, 6.07) is 5.12. The van der Waals surface area contributed by atoms with Gasteiger partial charge in [0.15, 0.2) is 12.0 Å². The highest BCUT2D eigenvalue weighted by Crippen LogP contribution is 2.44. The predicted molar refractivity (Wildman–Crippen MR) is 307 cm³/mol. The number of esters is 1. The Labute approximate surface area is 483 Å². The Bertz CT molecular complexity index is 2620. The maximum Gasteiger partial charge on any atom is 0.407 e. The number of aliphatic hydroxyl groups is 3. The third-order valence-electron chi connectivity index (χ3n) is 14.0. The van der Waals surface area contributed by atoms with Crippen LogP contribution in [0.4, 0.5) is 4.79 Å². The van der Waals surface area contributed by atoms with Crippen LogP contribution in [0, 0.1) is 17.8 Å². The Hall–Kier alpha value is -7.94. The molecular formula is C57H84N12O14. The first-order valence-electron chi connectivity index (χ1n) is 27.9. The first-order valence-corrected chi connectivity index (χ1v) is 27.9. The molecule has 0 saturated carbocycles. The number of nitrogens with zero attached hydrogens (tertiary/aromatic N) is 1. The van der Waals surface area contributed by atoms with E-state index >= 15 is 0 Å². The number of allylic oxidation sites excluding steroid dienone is 2. The zero-order valence-corrected chi connectivity index (χ0v) is 48.0. The third kappa shape index (κ3) is 21.1. The topological polar surface area (TPSA) is 419 Å². The molecule has 9 atom stereocenters. The van der Waals surface area contributed by atoms with Crippen LogP contribution in [-0.2, 0) is 47.8 Å². The lowest BCUT2D eigenvalue weighted by Crippen LogP contribution is -2.61. The first-order chi connectivity index (χ1) is 39.5. The number of nitrogens with two attached hydrogens (primary N) is 3. The number of carbonyl (C=O) groups excluding carboxylic acids is 9. The third-order valence-corrected chi connectivity index (χ3v) is 14.0. The molecule has 4 rings (SSSR count). The summed E-state index contributed by atoms with van der Waals surface area (Å²) in [6.45, 7) is 6.78. The maximum atomic E-state index is 14.1. The summed E-state index contributed by atoms with van der Waals surface area (Å²) in [4.78, 5) is 126. The Morgan fingerprint density at radius 2 is 1.28 bits per heavy atom. The average Bonchev–Trinajstić information content (AvgIpc) is 3.92. The minimum Gasteiger partial charge on any atom is -0.459 e. The first kappa shape index (κ1) is 67.6. The quantitative estimate of drug-likeness (QED) is 0.0174. The summed E-state index contributed by atoms with van der Waals surface area (Å²) in [5.41, 5.74) is 21.6. The number of nitrogens with one attached hydrogen (secondary N) is 8. The largest absolute Gasteiger partial charge is 0.459 e. The van der Waals surface area contributed by atoms with Crippen molar-refractivity contribution >= 4 is 59.4 Å². The molecule has 0 bridgehead atoms. The van der Waals surface area contributed by atoms with E-state index in [1.807, 2.05) is 60.7 Å². The highest BCUT2D eigenvalue weighted by atomic mass is 16.5. The molecule has 0 aliphatic heterocycles. The van der Waals surface area contributed by atoms with Gasteiger partial charge in [-0.05, 0) is 77.7 Å². The molecule has 2 aliphatic carbocycles. The molecule has 8 amide bonds. The van der Waals surface area contributed by atoms with E-state index in [1.54, 1.807) is 47.6 Å². The molecule has 0 fully saturated rings.